The molecule has 1 heterocycles. The first-order valence-electron chi connectivity index (χ1n) is 7.75. The Hall–Kier alpha value is -1.91. The minimum atomic E-state index is 0.537. The second kappa shape index (κ2) is 7.57. The summed E-state index contributed by atoms with van der Waals surface area (Å²) in [4.78, 5) is 0. The summed E-state index contributed by atoms with van der Waals surface area (Å²) in [7, 11) is 0. The fourth-order valence-corrected chi connectivity index (χ4v) is 2.78. The Morgan fingerprint density at radius 1 is 1.17 bits per heavy atom. The average molecular weight is 334 g/mol. The van der Waals surface area contributed by atoms with Crippen LogP contribution in [0, 0.1) is 0 Å². The maximum Gasteiger partial charge on any atom is 0.179 e. The molecular formula is C18H20ClNO3. The molecule has 23 heavy (non-hydrogen) atoms. The highest BCUT2D eigenvalue weighted by atomic mass is 35.5. The van der Waals surface area contributed by atoms with Crippen LogP contribution in [0.15, 0.2) is 36.4 Å². The fourth-order valence-electron chi connectivity index (χ4n) is 2.49. The van der Waals surface area contributed by atoms with Crippen molar-refractivity contribution < 1.29 is 14.2 Å². The van der Waals surface area contributed by atoms with E-state index < -0.39 is 0 Å². The molecule has 0 unspecified atom stereocenters. The van der Waals surface area contributed by atoms with Crippen molar-refractivity contribution in [1.29, 1.82) is 0 Å². The number of hydrogen-bond donors (Lipinski definition) is 1. The summed E-state index contributed by atoms with van der Waals surface area (Å²) in [5.41, 5.74) is 3.25. The molecule has 4 nitrogen and oxygen atoms in total. The SMILES string of the molecule is CCOCc1ccccc1NCc1cc(Cl)c2c(c1)OCCO2. The summed E-state index contributed by atoms with van der Waals surface area (Å²) in [5, 5.41) is 4.02. The summed E-state index contributed by atoms with van der Waals surface area (Å²) >= 11 is 6.28. The van der Waals surface area contributed by atoms with Gasteiger partial charge in [0.05, 0.1) is 11.6 Å². The van der Waals surface area contributed by atoms with Gasteiger partial charge >= 0.3 is 0 Å². The quantitative estimate of drug-likeness (QED) is 0.857. The van der Waals surface area contributed by atoms with Crippen LogP contribution >= 0.6 is 11.6 Å². The zero-order valence-electron chi connectivity index (χ0n) is 13.1. The molecule has 0 saturated heterocycles. The average Bonchev–Trinajstić information content (AvgIpc) is 2.59. The van der Waals surface area contributed by atoms with Crippen LogP contribution in [0.5, 0.6) is 11.5 Å². The van der Waals surface area contributed by atoms with E-state index >= 15 is 0 Å². The van der Waals surface area contributed by atoms with Gasteiger partial charge < -0.3 is 19.5 Å². The van der Waals surface area contributed by atoms with E-state index in [-0.39, 0.29) is 0 Å². The van der Waals surface area contributed by atoms with Gasteiger partial charge in [-0.15, -0.1) is 0 Å². The molecule has 0 fully saturated rings. The largest absolute Gasteiger partial charge is 0.486 e. The zero-order chi connectivity index (χ0) is 16.1. The van der Waals surface area contributed by atoms with Gasteiger partial charge in [0.1, 0.15) is 13.2 Å². The summed E-state index contributed by atoms with van der Waals surface area (Å²) in [5.74, 6) is 1.35. The number of ether oxygens (including phenoxy) is 3. The van der Waals surface area contributed by atoms with E-state index in [1.807, 2.05) is 37.3 Å². The van der Waals surface area contributed by atoms with Crippen LogP contribution in [-0.4, -0.2) is 19.8 Å². The summed E-state index contributed by atoms with van der Waals surface area (Å²) in [6, 6.07) is 12.0. The summed E-state index contributed by atoms with van der Waals surface area (Å²) < 4.78 is 16.7. The van der Waals surface area contributed by atoms with Gasteiger partial charge in [-0.1, -0.05) is 29.8 Å². The number of para-hydroxylation sites is 1. The van der Waals surface area contributed by atoms with E-state index in [1.165, 1.54) is 0 Å². The number of halogens is 1. The smallest absolute Gasteiger partial charge is 0.179 e. The minimum absolute atomic E-state index is 0.537. The van der Waals surface area contributed by atoms with E-state index in [4.69, 9.17) is 25.8 Å². The van der Waals surface area contributed by atoms with Gasteiger partial charge in [-0.3, -0.25) is 0 Å². The predicted molar refractivity (Wildman–Crippen MR) is 91.5 cm³/mol. The van der Waals surface area contributed by atoms with Crippen LogP contribution in [0.4, 0.5) is 5.69 Å². The molecule has 0 radical (unpaired) electrons. The Bertz CT molecular complexity index is 675. The van der Waals surface area contributed by atoms with Crippen LogP contribution in [0.2, 0.25) is 5.02 Å². The van der Waals surface area contributed by atoms with E-state index in [1.54, 1.807) is 0 Å². The Kier molecular flexibility index (Phi) is 5.26. The van der Waals surface area contributed by atoms with Gasteiger partial charge in [-0.25, -0.2) is 0 Å². The molecule has 122 valence electrons. The van der Waals surface area contributed by atoms with Crippen LogP contribution in [0.25, 0.3) is 0 Å². The number of hydrogen-bond acceptors (Lipinski definition) is 4. The van der Waals surface area contributed by atoms with Crippen molar-refractivity contribution in [1.82, 2.24) is 0 Å². The molecule has 1 aliphatic heterocycles. The zero-order valence-corrected chi connectivity index (χ0v) is 13.9. The fraction of sp³-hybridized carbons (Fsp3) is 0.333. The van der Waals surface area contributed by atoms with Gasteiger partial charge in [0.15, 0.2) is 11.5 Å². The maximum absolute atomic E-state index is 6.28. The lowest BCUT2D eigenvalue weighted by molar-refractivity contribution is 0.134. The number of nitrogens with one attached hydrogen (secondary N) is 1. The van der Waals surface area contributed by atoms with Gasteiger partial charge in [0, 0.05) is 24.4 Å². The number of rotatable bonds is 6. The third-order valence-corrected chi connectivity index (χ3v) is 3.90. The van der Waals surface area contributed by atoms with E-state index in [9.17, 15) is 0 Å². The first kappa shape index (κ1) is 16.0. The molecule has 0 aliphatic carbocycles. The van der Waals surface area contributed by atoms with Gasteiger partial charge in [0.2, 0.25) is 0 Å². The predicted octanol–water partition coefficient (Wildman–Crippen LogP) is 4.26. The van der Waals surface area contributed by atoms with E-state index in [0.717, 1.165) is 16.8 Å². The van der Waals surface area contributed by atoms with Crippen LogP contribution in [0.3, 0.4) is 0 Å². The van der Waals surface area contributed by atoms with Crippen molar-refractivity contribution in [3.05, 3.63) is 52.5 Å². The first-order chi connectivity index (χ1) is 11.3. The molecule has 1 N–H and O–H groups in total. The molecule has 0 atom stereocenters. The molecule has 0 aromatic heterocycles. The van der Waals surface area contributed by atoms with Gasteiger partial charge in [-0.05, 0) is 30.7 Å². The van der Waals surface area contributed by atoms with Gasteiger partial charge in [0.25, 0.3) is 0 Å². The van der Waals surface area contributed by atoms with Crippen molar-refractivity contribution in [3.63, 3.8) is 0 Å². The molecule has 0 saturated carbocycles. The maximum atomic E-state index is 6.28. The van der Waals surface area contributed by atoms with Crippen molar-refractivity contribution >= 4 is 17.3 Å². The number of benzene rings is 2. The van der Waals surface area contributed by atoms with Crippen LogP contribution < -0.4 is 14.8 Å². The van der Waals surface area contributed by atoms with E-state index in [2.05, 4.69) is 11.4 Å². The second-order valence-corrected chi connectivity index (χ2v) is 5.66. The van der Waals surface area contributed by atoms with E-state index in [0.29, 0.717) is 49.5 Å². The number of anilines is 1. The van der Waals surface area contributed by atoms with Crippen molar-refractivity contribution in [2.45, 2.75) is 20.1 Å². The lowest BCUT2D eigenvalue weighted by atomic mass is 10.1. The Balaban J connectivity index is 1.72. The van der Waals surface area contributed by atoms with Crippen LogP contribution in [0.1, 0.15) is 18.1 Å². The highest BCUT2D eigenvalue weighted by Gasteiger charge is 2.16. The third kappa shape index (κ3) is 3.89. The third-order valence-electron chi connectivity index (χ3n) is 3.62. The normalized spacial score (nSPS) is 13.0. The molecule has 2 aromatic carbocycles. The minimum Gasteiger partial charge on any atom is -0.486 e. The monoisotopic (exact) mass is 333 g/mol. The second-order valence-electron chi connectivity index (χ2n) is 5.25. The Morgan fingerprint density at radius 2 is 2.00 bits per heavy atom. The molecule has 0 amide bonds. The van der Waals surface area contributed by atoms with Crippen molar-refractivity contribution in [3.8, 4) is 11.5 Å². The summed E-state index contributed by atoms with van der Waals surface area (Å²) in [6.07, 6.45) is 0. The molecular weight excluding hydrogens is 314 g/mol. The molecule has 0 spiro atoms. The summed E-state index contributed by atoms with van der Waals surface area (Å²) in [6.45, 7) is 5.03. The molecule has 3 rings (SSSR count). The molecule has 5 heteroatoms. The standard InChI is InChI=1S/C18H20ClNO3/c1-2-21-12-14-5-3-4-6-16(14)20-11-13-9-15(19)18-17(10-13)22-7-8-23-18/h3-6,9-10,20H,2,7-8,11-12H2,1H3. The highest BCUT2D eigenvalue weighted by molar-refractivity contribution is 6.32. The molecule has 2 aromatic rings. The lowest BCUT2D eigenvalue weighted by Gasteiger charge is -2.20. The lowest BCUT2D eigenvalue weighted by Crippen LogP contribution is -2.16. The highest BCUT2D eigenvalue weighted by Crippen LogP contribution is 2.38. The number of fused-ring (bicyclic) bond motifs is 1. The Labute approximate surface area is 141 Å². The topological polar surface area (TPSA) is 39.7 Å². The first-order valence-corrected chi connectivity index (χ1v) is 8.13. The van der Waals surface area contributed by atoms with Crippen molar-refractivity contribution in [2.75, 3.05) is 25.1 Å². The molecule has 0 bridgehead atoms. The van der Waals surface area contributed by atoms with Crippen molar-refractivity contribution in [2.24, 2.45) is 0 Å². The van der Waals surface area contributed by atoms with Gasteiger partial charge in [-0.2, -0.15) is 0 Å². The van der Waals surface area contributed by atoms with Crippen LogP contribution in [-0.2, 0) is 17.9 Å². The molecule has 1 aliphatic rings. The Morgan fingerprint density at radius 3 is 2.87 bits per heavy atom.